The first kappa shape index (κ1) is 13.8. The summed E-state index contributed by atoms with van der Waals surface area (Å²) in [6, 6.07) is 4.94. The van der Waals surface area contributed by atoms with E-state index >= 15 is 0 Å². The van der Waals surface area contributed by atoms with Crippen LogP contribution < -0.4 is 5.56 Å². The number of aliphatic hydroxyl groups is 1. The first-order valence-corrected chi connectivity index (χ1v) is 6.73. The van der Waals surface area contributed by atoms with Gasteiger partial charge in [-0.2, -0.15) is 0 Å². The van der Waals surface area contributed by atoms with Gasteiger partial charge in [-0.05, 0) is 31.7 Å². The minimum absolute atomic E-state index is 0.0827. The van der Waals surface area contributed by atoms with Crippen molar-refractivity contribution in [2.75, 3.05) is 13.2 Å². The number of rotatable bonds is 4. The second kappa shape index (κ2) is 6.02. The van der Waals surface area contributed by atoms with Crippen molar-refractivity contribution in [3.63, 3.8) is 0 Å². The first-order valence-electron chi connectivity index (χ1n) is 6.73. The number of hydrogen-bond acceptors (Lipinski definition) is 3. The lowest BCUT2D eigenvalue weighted by molar-refractivity contribution is 0.0713. The van der Waals surface area contributed by atoms with Gasteiger partial charge in [-0.25, -0.2) is 0 Å². The molecule has 104 valence electrons. The highest BCUT2D eigenvalue weighted by molar-refractivity contribution is 5.93. The fraction of sp³-hybridized carbons (Fsp3) is 0.571. The average molecular weight is 264 g/mol. The number of nitrogens with zero attached hydrogens (tertiary/aromatic N) is 2. The molecule has 5 heteroatoms. The van der Waals surface area contributed by atoms with Gasteiger partial charge in [-0.3, -0.25) is 9.59 Å². The lowest BCUT2D eigenvalue weighted by Gasteiger charge is -2.25. The Balaban J connectivity index is 2.18. The molecule has 1 aromatic rings. The van der Waals surface area contributed by atoms with Crippen molar-refractivity contribution >= 4 is 5.91 Å². The van der Waals surface area contributed by atoms with Crippen molar-refractivity contribution in [3.8, 4) is 0 Å². The van der Waals surface area contributed by atoms with Crippen LogP contribution in [-0.2, 0) is 7.05 Å². The Morgan fingerprint density at radius 2 is 2.26 bits per heavy atom. The number of amides is 1. The van der Waals surface area contributed by atoms with E-state index in [0.717, 1.165) is 25.8 Å². The summed E-state index contributed by atoms with van der Waals surface area (Å²) in [5.74, 6) is -0.0827. The molecule has 0 aliphatic carbocycles. The maximum atomic E-state index is 12.5. The van der Waals surface area contributed by atoms with Gasteiger partial charge in [0.15, 0.2) is 0 Å². The molecular weight excluding hydrogens is 244 g/mol. The van der Waals surface area contributed by atoms with Crippen LogP contribution in [0.15, 0.2) is 23.0 Å². The first-order chi connectivity index (χ1) is 9.15. The highest BCUT2D eigenvalue weighted by atomic mass is 16.3. The highest BCUT2D eigenvalue weighted by Gasteiger charge is 2.29. The van der Waals surface area contributed by atoms with E-state index in [0.29, 0.717) is 12.1 Å². The summed E-state index contributed by atoms with van der Waals surface area (Å²) in [6.45, 7) is 0.889. The Hall–Kier alpha value is -1.62. The molecule has 0 radical (unpaired) electrons. The fourth-order valence-corrected chi connectivity index (χ4v) is 2.66. The summed E-state index contributed by atoms with van der Waals surface area (Å²) in [5, 5.41) is 8.90. The van der Waals surface area contributed by atoms with Crippen LogP contribution >= 0.6 is 0 Å². The smallest absolute Gasteiger partial charge is 0.270 e. The average Bonchev–Trinajstić information content (AvgIpc) is 2.87. The maximum Gasteiger partial charge on any atom is 0.270 e. The summed E-state index contributed by atoms with van der Waals surface area (Å²) in [7, 11) is 1.62. The Morgan fingerprint density at radius 1 is 1.47 bits per heavy atom. The number of carbonyl (C=O) groups is 1. The van der Waals surface area contributed by atoms with Crippen molar-refractivity contribution in [2.45, 2.75) is 31.7 Å². The zero-order valence-electron chi connectivity index (χ0n) is 11.2. The van der Waals surface area contributed by atoms with Gasteiger partial charge in [0, 0.05) is 32.3 Å². The number of aromatic nitrogens is 1. The number of carbonyl (C=O) groups excluding carboxylic acids is 1. The molecule has 1 fully saturated rings. The molecule has 1 aromatic heterocycles. The molecule has 1 unspecified atom stereocenters. The molecule has 1 amide bonds. The van der Waals surface area contributed by atoms with Crippen LogP contribution in [0.5, 0.6) is 0 Å². The van der Waals surface area contributed by atoms with Gasteiger partial charge >= 0.3 is 0 Å². The molecule has 5 nitrogen and oxygen atoms in total. The van der Waals surface area contributed by atoms with Gasteiger partial charge in [0.1, 0.15) is 5.69 Å². The van der Waals surface area contributed by atoms with E-state index in [4.69, 9.17) is 5.11 Å². The number of hydrogen-bond donors (Lipinski definition) is 1. The van der Waals surface area contributed by atoms with Crippen LogP contribution in [0, 0.1) is 0 Å². The van der Waals surface area contributed by atoms with Crippen LogP contribution in [0.25, 0.3) is 0 Å². The molecule has 0 spiro atoms. The maximum absolute atomic E-state index is 12.5. The molecule has 0 saturated carbocycles. The lowest BCUT2D eigenvalue weighted by Crippen LogP contribution is -2.38. The second-order valence-electron chi connectivity index (χ2n) is 4.97. The van der Waals surface area contributed by atoms with Crippen molar-refractivity contribution in [1.29, 1.82) is 0 Å². The summed E-state index contributed by atoms with van der Waals surface area (Å²) < 4.78 is 1.39. The predicted molar refractivity (Wildman–Crippen MR) is 72.1 cm³/mol. The van der Waals surface area contributed by atoms with E-state index < -0.39 is 0 Å². The standard InChI is InChI=1S/C14H20N2O3/c1-15-12(7-2-8-13(15)18)14(19)16-9-3-5-11(16)6-4-10-17/h2,7-8,11,17H,3-6,9-10H2,1H3. The van der Waals surface area contributed by atoms with E-state index in [2.05, 4.69) is 0 Å². The van der Waals surface area contributed by atoms with Crippen LogP contribution in [0.2, 0.25) is 0 Å². The van der Waals surface area contributed by atoms with Crippen LogP contribution in [0.4, 0.5) is 0 Å². The monoisotopic (exact) mass is 264 g/mol. The molecule has 2 heterocycles. The molecule has 19 heavy (non-hydrogen) atoms. The van der Waals surface area contributed by atoms with E-state index in [1.54, 1.807) is 19.2 Å². The van der Waals surface area contributed by atoms with E-state index in [1.165, 1.54) is 10.6 Å². The Morgan fingerprint density at radius 3 is 3.00 bits per heavy atom. The van der Waals surface area contributed by atoms with Gasteiger partial charge < -0.3 is 14.6 Å². The van der Waals surface area contributed by atoms with E-state index in [9.17, 15) is 9.59 Å². The van der Waals surface area contributed by atoms with Crippen LogP contribution in [0.1, 0.15) is 36.2 Å². The molecular formula is C14H20N2O3. The molecule has 1 atom stereocenters. The third-order valence-corrected chi connectivity index (χ3v) is 3.74. The molecule has 1 N–H and O–H groups in total. The number of aliphatic hydroxyl groups excluding tert-OH is 1. The lowest BCUT2D eigenvalue weighted by atomic mass is 10.1. The quantitative estimate of drug-likeness (QED) is 0.873. The fourth-order valence-electron chi connectivity index (χ4n) is 2.66. The summed E-state index contributed by atoms with van der Waals surface area (Å²) in [4.78, 5) is 25.9. The zero-order valence-corrected chi connectivity index (χ0v) is 11.2. The van der Waals surface area contributed by atoms with Gasteiger partial charge in [0.2, 0.25) is 0 Å². The Labute approximate surface area is 112 Å². The van der Waals surface area contributed by atoms with Gasteiger partial charge in [0.05, 0.1) is 0 Å². The largest absolute Gasteiger partial charge is 0.396 e. The minimum atomic E-state index is -0.169. The van der Waals surface area contributed by atoms with Gasteiger partial charge in [-0.15, -0.1) is 0 Å². The number of likely N-dealkylation sites (tertiary alicyclic amines) is 1. The van der Waals surface area contributed by atoms with Crippen molar-refractivity contribution in [1.82, 2.24) is 9.47 Å². The molecule has 1 aliphatic rings. The molecule has 1 saturated heterocycles. The third-order valence-electron chi connectivity index (χ3n) is 3.74. The third kappa shape index (κ3) is 2.87. The topological polar surface area (TPSA) is 62.5 Å². The van der Waals surface area contributed by atoms with Gasteiger partial charge in [-0.1, -0.05) is 6.07 Å². The Kier molecular flexibility index (Phi) is 4.37. The van der Waals surface area contributed by atoms with Crippen molar-refractivity contribution in [3.05, 3.63) is 34.2 Å². The van der Waals surface area contributed by atoms with Gasteiger partial charge in [0.25, 0.3) is 11.5 Å². The highest BCUT2D eigenvalue weighted by Crippen LogP contribution is 2.23. The van der Waals surface area contributed by atoms with Crippen molar-refractivity contribution in [2.24, 2.45) is 7.05 Å². The van der Waals surface area contributed by atoms with Crippen LogP contribution in [-0.4, -0.2) is 39.7 Å². The van der Waals surface area contributed by atoms with E-state index in [-0.39, 0.29) is 24.1 Å². The number of pyridine rings is 1. The Bertz CT molecular complexity index is 510. The SMILES string of the molecule is Cn1c(C(=O)N2CCCC2CCCO)cccc1=O. The van der Waals surface area contributed by atoms with E-state index in [1.807, 2.05) is 4.90 Å². The normalized spacial score (nSPS) is 18.8. The van der Waals surface area contributed by atoms with Crippen molar-refractivity contribution < 1.29 is 9.90 Å². The molecule has 1 aliphatic heterocycles. The molecule has 2 rings (SSSR count). The van der Waals surface area contributed by atoms with Crippen LogP contribution in [0.3, 0.4) is 0 Å². The second-order valence-corrected chi connectivity index (χ2v) is 4.97. The zero-order chi connectivity index (χ0) is 13.8. The molecule has 0 aromatic carbocycles. The summed E-state index contributed by atoms with van der Waals surface area (Å²) >= 11 is 0. The summed E-state index contributed by atoms with van der Waals surface area (Å²) in [6.07, 6.45) is 3.50. The predicted octanol–water partition coefficient (Wildman–Crippen LogP) is 0.762. The minimum Gasteiger partial charge on any atom is -0.396 e. The molecule has 0 bridgehead atoms. The summed E-state index contributed by atoms with van der Waals surface area (Å²) in [5.41, 5.74) is 0.264.